The second kappa shape index (κ2) is 6.11. The van der Waals surface area contributed by atoms with Gasteiger partial charge in [0.1, 0.15) is 12.4 Å². The zero-order valence-corrected chi connectivity index (χ0v) is 12.4. The Morgan fingerprint density at radius 1 is 1.35 bits per heavy atom. The van der Waals surface area contributed by atoms with E-state index in [0.717, 1.165) is 12.1 Å². The first-order valence-corrected chi connectivity index (χ1v) is 6.58. The number of ether oxygens (including phenoxy) is 1. The molecule has 112 valence electrons. The van der Waals surface area contributed by atoms with Gasteiger partial charge in [-0.25, -0.2) is 0 Å². The Morgan fingerprint density at radius 3 is 2.45 bits per heavy atom. The van der Waals surface area contributed by atoms with Crippen LogP contribution in [0.25, 0.3) is 0 Å². The number of Topliss-reactive ketones (excluding diaryl/α,β-unsaturated/α-hetero) is 1. The van der Waals surface area contributed by atoms with Crippen LogP contribution in [0.4, 0.5) is 17.6 Å². The summed E-state index contributed by atoms with van der Waals surface area (Å²) in [5.41, 5.74) is -2.15. The SMILES string of the molecule is CC(C)(CF)C(=O)C(Br)Oc1cccc(C(F)(F)F)c1. The van der Waals surface area contributed by atoms with E-state index >= 15 is 0 Å². The first-order valence-electron chi connectivity index (χ1n) is 5.66. The summed E-state index contributed by atoms with van der Waals surface area (Å²) in [4.78, 5) is 11.8. The molecule has 1 aromatic carbocycles. The topological polar surface area (TPSA) is 26.3 Å². The fourth-order valence-corrected chi connectivity index (χ4v) is 2.13. The van der Waals surface area contributed by atoms with E-state index in [9.17, 15) is 22.4 Å². The quantitative estimate of drug-likeness (QED) is 0.578. The number of halogens is 5. The summed E-state index contributed by atoms with van der Waals surface area (Å²) >= 11 is 2.91. The number of benzene rings is 1. The largest absolute Gasteiger partial charge is 0.471 e. The van der Waals surface area contributed by atoms with Gasteiger partial charge in [-0.15, -0.1) is 0 Å². The molecule has 7 heteroatoms. The Morgan fingerprint density at radius 2 is 1.95 bits per heavy atom. The van der Waals surface area contributed by atoms with Crippen molar-refractivity contribution in [2.75, 3.05) is 6.67 Å². The molecule has 1 aromatic rings. The maximum absolute atomic E-state index is 12.7. The number of ketones is 1. The zero-order valence-electron chi connectivity index (χ0n) is 10.8. The highest BCUT2D eigenvalue weighted by Gasteiger charge is 2.35. The number of carbonyl (C=O) groups is 1. The van der Waals surface area contributed by atoms with Gasteiger partial charge in [-0.2, -0.15) is 13.2 Å². The van der Waals surface area contributed by atoms with E-state index in [2.05, 4.69) is 15.9 Å². The molecule has 0 aromatic heterocycles. The second-order valence-electron chi connectivity index (χ2n) is 4.84. The highest BCUT2D eigenvalue weighted by molar-refractivity contribution is 9.09. The summed E-state index contributed by atoms with van der Waals surface area (Å²) in [6, 6.07) is 4.13. The highest BCUT2D eigenvalue weighted by atomic mass is 79.9. The number of carbonyl (C=O) groups excluding carboxylic acids is 1. The molecule has 0 saturated heterocycles. The van der Waals surface area contributed by atoms with Gasteiger partial charge in [0.2, 0.25) is 5.01 Å². The maximum atomic E-state index is 12.7. The van der Waals surface area contributed by atoms with E-state index in [1.807, 2.05) is 0 Å². The number of alkyl halides is 5. The number of rotatable bonds is 5. The monoisotopic (exact) mass is 356 g/mol. The van der Waals surface area contributed by atoms with Crippen LogP contribution in [0.1, 0.15) is 19.4 Å². The standard InChI is InChI=1S/C13H13BrF4O2/c1-12(2,7-15)10(19)11(14)20-9-5-3-4-8(6-9)13(16,17)18/h3-6,11H,7H2,1-2H3. The fraction of sp³-hybridized carbons (Fsp3) is 0.462. The molecule has 0 fully saturated rings. The zero-order chi connectivity index (χ0) is 15.6. The second-order valence-corrected chi connectivity index (χ2v) is 5.67. The molecule has 1 unspecified atom stereocenters. The molecule has 1 atom stereocenters. The Bertz CT molecular complexity index is 486. The molecule has 0 N–H and O–H groups in total. The minimum atomic E-state index is -4.50. The minimum Gasteiger partial charge on any atom is -0.471 e. The van der Waals surface area contributed by atoms with Gasteiger partial charge >= 0.3 is 6.18 Å². The number of hydrogen-bond acceptors (Lipinski definition) is 2. The van der Waals surface area contributed by atoms with Crippen LogP contribution in [0.5, 0.6) is 5.75 Å². The van der Waals surface area contributed by atoms with Crippen LogP contribution in [0.2, 0.25) is 0 Å². The van der Waals surface area contributed by atoms with Crippen LogP contribution in [0, 0.1) is 5.41 Å². The molecule has 0 aliphatic carbocycles. The molecule has 0 aliphatic rings. The average Bonchev–Trinajstić information content (AvgIpc) is 2.37. The van der Waals surface area contributed by atoms with Gasteiger partial charge in [-0.3, -0.25) is 9.18 Å². The van der Waals surface area contributed by atoms with Gasteiger partial charge in [-0.05, 0) is 34.1 Å². The van der Waals surface area contributed by atoms with Crippen molar-refractivity contribution in [2.24, 2.45) is 5.41 Å². The Hall–Kier alpha value is -1.11. The van der Waals surface area contributed by atoms with Gasteiger partial charge < -0.3 is 4.74 Å². The molecular weight excluding hydrogens is 344 g/mol. The third-order valence-electron chi connectivity index (χ3n) is 2.61. The Balaban J connectivity index is 2.87. The van der Waals surface area contributed by atoms with Crippen molar-refractivity contribution < 1.29 is 27.1 Å². The Labute approximate surface area is 122 Å². The molecule has 1 rings (SSSR count). The van der Waals surface area contributed by atoms with Gasteiger partial charge in [-0.1, -0.05) is 19.9 Å². The molecule has 0 amide bonds. The van der Waals surface area contributed by atoms with E-state index in [0.29, 0.717) is 0 Å². The molecule has 0 heterocycles. The lowest BCUT2D eigenvalue weighted by atomic mass is 9.90. The summed E-state index contributed by atoms with van der Waals surface area (Å²) in [5, 5.41) is -1.21. The van der Waals surface area contributed by atoms with Crippen molar-refractivity contribution in [1.29, 1.82) is 0 Å². The van der Waals surface area contributed by atoms with Crippen molar-refractivity contribution in [1.82, 2.24) is 0 Å². The van der Waals surface area contributed by atoms with E-state index in [1.54, 1.807) is 0 Å². The molecule has 0 spiro atoms. The van der Waals surface area contributed by atoms with Crippen LogP contribution in [0.3, 0.4) is 0 Å². The van der Waals surface area contributed by atoms with Crippen molar-refractivity contribution in [3.8, 4) is 5.75 Å². The van der Waals surface area contributed by atoms with Gasteiger partial charge in [0.15, 0.2) is 5.78 Å². The van der Waals surface area contributed by atoms with Gasteiger partial charge in [0, 0.05) is 0 Å². The smallest absolute Gasteiger partial charge is 0.416 e. The van der Waals surface area contributed by atoms with Crippen LogP contribution < -0.4 is 4.74 Å². The predicted octanol–water partition coefficient (Wildman–Crippen LogP) is 4.37. The first kappa shape index (κ1) is 16.9. The molecule has 20 heavy (non-hydrogen) atoms. The molecule has 2 nitrogen and oxygen atoms in total. The summed E-state index contributed by atoms with van der Waals surface area (Å²) in [5.74, 6) is -0.706. The lowest BCUT2D eigenvalue weighted by Crippen LogP contribution is -2.36. The lowest BCUT2D eigenvalue weighted by Gasteiger charge is -2.23. The maximum Gasteiger partial charge on any atom is 0.416 e. The molecule has 0 radical (unpaired) electrons. The van der Waals surface area contributed by atoms with Crippen molar-refractivity contribution in [3.63, 3.8) is 0 Å². The van der Waals surface area contributed by atoms with E-state index < -0.39 is 34.6 Å². The van der Waals surface area contributed by atoms with Crippen LogP contribution >= 0.6 is 15.9 Å². The summed E-state index contributed by atoms with van der Waals surface area (Å²) in [6.45, 7) is 1.89. The summed E-state index contributed by atoms with van der Waals surface area (Å²) < 4.78 is 55.4. The van der Waals surface area contributed by atoms with E-state index in [4.69, 9.17) is 4.74 Å². The highest BCUT2D eigenvalue weighted by Crippen LogP contribution is 2.32. The van der Waals surface area contributed by atoms with E-state index in [1.165, 1.54) is 26.0 Å². The van der Waals surface area contributed by atoms with Crippen molar-refractivity contribution in [3.05, 3.63) is 29.8 Å². The van der Waals surface area contributed by atoms with Crippen LogP contribution in [-0.2, 0) is 11.0 Å². The average molecular weight is 357 g/mol. The molecule has 0 saturated carbocycles. The fourth-order valence-electron chi connectivity index (χ4n) is 1.29. The summed E-state index contributed by atoms with van der Waals surface area (Å²) in [6.07, 6.45) is -4.50. The molecule has 0 bridgehead atoms. The third kappa shape index (κ3) is 4.19. The third-order valence-corrected chi connectivity index (χ3v) is 3.21. The predicted molar refractivity (Wildman–Crippen MR) is 69.6 cm³/mol. The molecular formula is C13H13BrF4O2. The normalized spacial score (nSPS) is 13.9. The van der Waals surface area contributed by atoms with Crippen molar-refractivity contribution >= 4 is 21.7 Å². The Kier molecular flexibility index (Phi) is 5.18. The van der Waals surface area contributed by atoms with Crippen molar-refractivity contribution in [2.45, 2.75) is 25.0 Å². The van der Waals surface area contributed by atoms with Gasteiger partial charge in [0.25, 0.3) is 0 Å². The lowest BCUT2D eigenvalue weighted by molar-refractivity contribution is -0.137. The van der Waals surface area contributed by atoms with E-state index in [-0.39, 0.29) is 5.75 Å². The minimum absolute atomic E-state index is 0.121. The summed E-state index contributed by atoms with van der Waals surface area (Å²) in [7, 11) is 0. The van der Waals surface area contributed by atoms with Crippen LogP contribution in [0.15, 0.2) is 24.3 Å². The number of hydrogen-bond donors (Lipinski definition) is 0. The first-order chi connectivity index (χ1) is 9.08. The van der Waals surface area contributed by atoms with Crippen LogP contribution in [-0.4, -0.2) is 17.5 Å². The molecule has 0 aliphatic heterocycles. The van der Waals surface area contributed by atoms with Gasteiger partial charge in [0.05, 0.1) is 11.0 Å².